The van der Waals surface area contributed by atoms with E-state index in [-0.39, 0.29) is 49.8 Å². The third kappa shape index (κ3) is 5.47. The van der Waals surface area contributed by atoms with Gasteiger partial charge in [0.25, 0.3) is 5.91 Å². The van der Waals surface area contributed by atoms with E-state index in [1.165, 1.54) is 11.0 Å². The van der Waals surface area contributed by atoms with Gasteiger partial charge in [0, 0.05) is 24.8 Å². The molecular formula is C30H31F2N5O3. The monoisotopic (exact) mass is 547 g/mol. The molecule has 2 aliphatic heterocycles. The van der Waals surface area contributed by atoms with Crippen LogP contribution in [0.5, 0.6) is 0 Å². The molecule has 2 saturated heterocycles. The van der Waals surface area contributed by atoms with E-state index >= 15 is 0 Å². The van der Waals surface area contributed by atoms with Crippen molar-refractivity contribution in [2.24, 2.45) is 0 Å². The first-order valence-electron chi connectivity index (χ1n) is 13.2. The number of para-hydroxylation sites is 1. The fourth-order valence-electron chi connectivity index (χ4n) is 5.47. The Bertz CT molecular complexity index is 1380. The Hall–Kier alpha value is -4.47. The first-order valence-corrected chi connectivity index (χ1v) is 13.2. The average Bonchev–Trinajstić information content (AvgIpc) is 3.21. The van der Waals surface area contributed by atoms with Crippen molar-refractivity contribution in [3.63, 3.8) is 0 Å². The molecule has 1 spiro atoms. The van der Waals surface area contributed by atoms with Crippen LogP contribution in [0.3, 0.4) is 0 Å². The fraction of sp³-hybridized carbons (Fsp3) is 0.300. The Morgan fingerprint density at radius 2 is 1.60 bits per heavy atom. The lowest BCUT2D eigenvalue weighted by atomic mass is 9.85. The van der Waals surface area contributed by atoms with Gasteiger partial charge in [0.15, 0.2) is 0 Å². The maximum atomic E-state index is 14.1. The van der Waals surface area contributed by atoms with E-state index < -0.39 is 23.2 Å². The Morgan fingerprint density at radius 1 is 0.950 bits per heavy atom. The van der Waals surface area contributed by atoms with Crippen LogP contribution < -0.4 is 15.5 Å². The molecule has 3 aromatic carbocycles. The van der Waals surface area contributed by atoms with Gasteiger partial charge in [-0.25, -0.2) is 13.6 Å². The van der Waals surface area contributed by atoms with Crippen LogP contribution in [-0.2, 0) is 9.59 Å². The predicted molar refractivity (Wildman–Crippen MR) is 147 cm³/mol. The van der Waals surface area contributed by atoms with Gasteiger partial charge in [-0.15, -0.1) is 0 Å². The average molecular weight is 548 g/mol. The quantitative estimate of drug-likeness (QED) is 0.476. The molecule has 4 amide bonds. The molecule has 2 fully saturated rings. The number of piperidine rings is 1. The van der Waals surface area contributed by atoms with Crippen LogP contribution in [0.25, 0.3) is 0 Å². The van der Waals surface area contributed by atoms with Gasteiger partial charge in [0.2, 0.25) is 5.91 Å². The lowest BCUT2D eigenvalue weighted by molar-refractivity contribution is -0.137. The van der Waals surface area contributed by atoms with Gasteiger partial charge in [-0.05, 0) is 49.6 Å². The summed E-state index contributed by atoms with van der Waals surface area (Å²) in [5.41, 5.74) is 0.779. The van der Waals surface area contributed by atoms with E-state index in [1.807, 2.05) is 72.5 Å². The molecule has 1 atom stereocenters. The molecule has 1 unspecified atom stereocenters. The van der Waals surface area contributed by atoms with Crippen LogP contribution in [0.15, 0.2) is 78.9 Å². The van der Waals surface area contributed by atoms with Gasteiger partial charge in [0.05, 0.1) is 18.4 Å². The normalized spacial score (nSPS) is 17.2. The molecule has 0 radical (unpaired) electrons. The van der Waals surface area contributed by atoms with Crippen molar-refractivity contribution in [3.05, 3.63) is 96.1 Å². The van der Waals surface area contributed by atoms with E-state index in [2.05, 4.69) is 10.6 Å². The number of hydrogen-bond acceptors (Lipinski definition) is 4. The zero-order chi connectivity index (χ0) is 28.3. The van der Waals surface area contributed by atoms with Crippen LogP contribution in [0, 0.1) is 11.6 Å². The highest BCUT2D eigenvalue weighted by Gasteiger charge is 2.54. The zero-order valence-electron chi connectivity index (χ0n) is 22.1. The highest BCUT2D eigenvalue weighted by Crippen LogP contribution is 2.39. The smallest absolute Gasteiger partial charge is 0.321 e. The molecule has 0 bridgehead atoms. The fourth-order valence-corrected chi connectivity index (χ4v) is 5.47. The van der Waals surface area contributed by atoms with Crippen LogP contribution >= 0.6 is 0 Å². The van der Waals surface area contributed by atoms with Gasteiger partial charge in [-0.3, -0.25) is 9.59 Å². The zero-order valence-corrected chi connectivity index (χ0v) is 22.1. The number of rotatable bonds is 6. The molecule has 5 rings (SSSR count). The third-order valence-corrected chi connectivity index (χ3v) is 7.64. The van der Waals surface area contributed by atoms with E-state index in [4.69, 9.17) is 0 Å². The molecule has 0 saturated carbocycles. The highest BCUT2D eigenvalue weighted by atomic mass is 19.1. The third-order valence-electron chi connectivity index (χ3n) is 7.64. The van der Waals surface area contributed by atoms with Gasteiger partial charge < -0.3 is 25.3 Å². The molecule has 10 heteroatoms. The second-order valence-corrected chi connectivity index (χ2v) is 10.2. The van der Waals surface area contributed by atoms with E-state index in [9.17, 15) is 23.2 Å². The van der Waals surface area contributed by atoms with Gasteiger partial charge >= 0.3 is 6.03 Å². The summed E-state index contributed by atoms with van der Waals surface area (Å²) in [4.78, 5) is 44.8. The number of urea groups is 1. The van der Waals surface area contributed by atoms with Crippen molar-refractivity contribution in [1.82, 2.24) is 15.1 Å². The topological polar surface area (TPSA) is 85.0 Å². The van der Waals surface area contributed by atoms with Crippen molar-refractivity contribution < 1.29 is 23.2 Å². The van der Waals surface area contributed by atoms with Gasteiger partial charge in [0.1, 0.15) is 23.7 Å². The molecule has 8 nitrogen and oxygen atoms in total. The maximum absolute atomic E-state index is 14.1. The number of nitrogens with one attached hydrogen (secondary N) is 2. The number of hydrogen-bond donors (Lipinski definition) is 2. The standard InChI is InChI=1S/C30H31F2N5O3/c1-21(22-8-4-2-5-9-22)33-27(38)19-36-20-37(24-10-6-3-7-11-24)30(28(36)39)14-16-35(17-15-30)29(40)34-26-13-12-23(31)18-25(26)32/h2-13,18,21H,14-17,19-20H2,1H3,(H,33,38)(H,34,40). The van der Waals surface area contributed by atoms with E-state index in [0.717, 1.165) is 17.3 Å². The molecule has 208 valence electrons. The SMILES string of the molecule is CC(NC(=O)CN1CN(c2ccccc2)C2(CCN(C(=O)Nc3ccc(F)cc3F)CC2)C1=O)c1ccccc1. The van der Waals surface area contributed by atoms with Crippen LogP contribution in [-0.4, -0.2) is 59.5 Å². The lowest BCUT2D eigenvalue weighted by Crippen LogP contribution is -2.58. The Kier molecular flexibility index (Phi) is 7.68. The van der Waals surface area contributed by atoms with Crippen molar-refractivity contribution in [3.8, 4) is 0 Å². The number of benzene rings is 3. The van der Waals surface area contributed by atoms with Crippen molar-refractivity contribution in [2.75, 3.05) is 36.5 Å². The highest BCUT2D eigenvalue weighted by molar-refractivity contribution is 5.97. The first-order chi connectivity index (χ1) is 19.3. The summed E-state index contributed by atoms with van der Waals surface area (Å²) >= 11 is 0. The van der Waals surface area contributed by atoms with Crippen LogP contribution in [0.1, 0.15) is 31.4 Å². The second-order valence-electron chi connectivity index (χ2n) is 10.2. The Labute approximate surface area is 231 Å². The molecule has 3 aromatic rings. The summed E-state index contributed by atoms with van der Waals surface area (Å²) in [6.07, 6.45) is 0.664. The number of likely N-dealkylation sites (tertiary alicyclic amines) is 1. The molecule has 40 heavy (non-hydrogen) atoms. The Morgan fingerprint density at radius 3 is 2.25 bits per heavy atom. The molecule has 2 heterocycles. The first kappa shape index (κ1) is 27.1. The Balaban J connectivity index is 1.29. The lowest BCUT2D eigenvalue weighted by Gasteiger charge is -2.43. The second kappa shape index (κ2) is 11.3. The molecule has 0 aliphatic carbocycles. The maximum Gasteiger partial charge on any atom is 0.321 e. The molecule has 2 aliphatic rings. The number of anilines is 2. The minimum Gasteiger partial charge on any atom is -0.348 e. The summed E-state index contributed by atoms with van der Waals surface area (Å²) in [7, 11) is 0. The summed E-state index contributed by atoms with van der Waals surface area (Å²) in [5.74, 6) is -2.01. The number of carbonyl (C=O) groups excluding carboxylic acids is 3. The molecule has 0 aromatic heterocycles. The summed E-state index contributed by atoms with van der Waals surface area (Å²) in [6, 6.07) is 21.4. The minimum absolute atomic E-state index is 0.0882. The summed E-state index contributed by atoms with van der Waals surface area (Å²) < 4.78 is 27.3. The van der Waals surface area contributed by atoms with Crippen LogP contribution in [0.2, 0.25) is 0 Å². The van der Waals surface area contributed by atoms with Crippen molar-refractivity contribution >= 4 is 29.2 Å². The molecule has 2 N–H and O–H groups in total. The van der Waals surface area contributed by atoms with Crippen molar-refractivity contribution in [1.29, 1.82) is 0 Å². The largest absolute Gasteiger partial charge is 0.348 e. The number of halogens is 2. The van der Waals surface area contributed by atoms with E-state index in [1.54, 1.807) is 4.90 Å². The summed E-state index contributed by atoms with van der Waals surface area (Å²) in [6.45, 7) is 2.54. The predicted octanol–water partition coefficient (Wildman–Crippen LogP) is 4.52. The van der Waals surface area contributed by atoms with Gasteiger partial charge in [-0.2, -0.15) is 0 Å². The minimum atomic E-state index is -0.926. The van der Waals surface area contributed by atoms with Gasteiger partial charge in [-0.1, -0.05) is 48.5 Å². The van der Waals surface area contributed by atoms with Crippen molar-refractivity contribution in [2.45, 2.75) is 31.3 Å². The number of nitrogens with zero attached hydrogens (tertiary/aromatic N) is 3. The van der Waals surface area contributed by atoms with E-state index in [0.29, 0.717) is 18.9 Å². The number of carbonyl (C=O) groups is 3. The molecular weight excluding hydrogens is 516 g/mol. The van der Waals surface area contributed by atoms with Crippen LogP contribution in [0.4, 0.5) is 25.0 Å². The number of amides is 4. The summed E-state index contributed by atoms with van der Waals surface area (Å²) in [5, 5.41) is 5.47.